The summed E-state index contributed by atoms with van der Waals surface area (Å²) < 4.78 is 0. The molecule has 28 heavy (non-hydrogen) atoms. The van der Waals surface area contributed by atoms with Crippen LogP contribution in [0.25, 0.3) is 11.6 Å². The maximum absolute atomic E-state index is 4.87. The molecule has 3 heterocycles. The number of aromatic nitrogens is 3. The molecule has 142 valence electrons. The lowest BCUT2D eigenvalue weighted by molar-refractivity contribution is 0.125. The second kappa shape index (κ2) is 7.34. The number of hydrogen-bond acceptors (Lipinski definition) is 4. The molecule has 0 saturated carbocycles. The SMILES string of the molecule is CN1CCN(C2c3ccccc3C(Cc3cnc[nH]3)=Cc3cccnc32)CC1. The van der Waals surface area contributed by atoms with E-state index >= 15 is 0 Å². The van der Waals surface area contributed by atoms with Gasteiger partial charge in [0.15, 0.2) is 0 Å². The predicted molar refractivity (Wildman–Crippen MR) is 112 cm³/mol. The summed E-state index contributed by atoms with van der Waals surface area (Å²) in [4.78, 5) is 17.3. The quantitative estimate of drug-likeness (QED) is 0.768. The highest BCUT2D eigenvalue weighted by atomic mass is 15.3. The molecule has 5 rings (SSSR count). The first kappa shape index (κ1) is 17.3. The second-order valence-electron chi connectivity index (χ2n) is 7.73. The molecule has 1 aliphatic carbocycles. The molecule has 1 atom stereocenters. The number of likely N-dealkylation sites (N-methyl/N-ethyl adjacent to an activating group) is 1. The van der Waals surface area contributed by atoms with Gasteiger partial charge in [0, 0.05) is 50.7 Å². The van der Waals surface area contributed by atoms with Crippen molar-refractivity contribution < 1.29 is 0 Å². The van der Waals surface area contributed by atoms with Crippen LogP contribution < -0.4 is 0 Å². The third-order valence-corrected chi connectivity index (χ3v) is 5.90. The zero-order valence-corrected chi connectivity index (χ0v) is 16.2. The van der Waals surface area contributed by atoms with Crippen LogP contribution in [0.5, 0.6) is 0 Å². The van der Waals surface area contributed by atoms with Gasteiger partial charge in [-0.1, -0.05) is 30.3 Å². The van der Waals surface area contributed by atoms with Gasteiger partial charge in [0.2, 0.25) is 0 Å². The van der Waals surface area contributed by atoms with Crippen LogP contribution in [0.3, 0.4) is 0 Å². The van der Waals surface area contributed by atoms with Crippen LogP contribution in [-0.4, -0.2) is 58.0 Å². The molecule has 1 unspecified atom stereocenters. The molecule has 1 fully saturated rings. The maximum Gasteiger partial charge on any atom is 0.0921 e. The van der Waals surface area contributed by atoms with E-state index in [0.717, 1.165) is 38.3 Å². The molecule has 5 nitrogen and oxygen atoms in total. The molecule has 0 radical (unpaired) electrons. The Labute approximate surface area is 165 Å². The third-order valence-electron chi connectivity index (χ3n) is 5.90. The van der Waals surface area contributed by atoms with Crippen LogP contribution >= 0.6 is 0 Å². The fourth-order valence-electron chi connectivity index (χ4n) is 4.40. The highest BCUT2D eigenvalue weighted by Crippen LogP contribution is 2.40. The minimum Gasteiger partial charge on any atom is -0.348 e. The largest absolute Gasteiger partial charge is 0.348 e. The van der Waals surface area contributed by atoms with Gasteiger partial charge < -0.3 is 9.88 Å². The molecule has 2 aliphatic rings. The van der Waals surface area contributed by atoms with Crippen molar-refractivity contribution in [2.45, 2.75) is 12.5 Å². The van der Waals surface area contributed by atoms with Crippen LogP contribution in [0.1, 0.15) is 34.1 Å². The van der Waals surface area contributed by atoms with Crippen molar-refractivity contribution in [3.05, 3.63) is 83.2 Å². The molecule has 2 aromatic heterocycles. The summed E-state index contributed by atoms with van der Waals surface area (Å²) in [6.07, 6.45) is 8.74. The lowest BCUT2D eigenvalue weighted by atomic mass is 9.92. The molecular weight excluding hydrogens is 346 g/mol. The van der Waals surface area contributed by atoms with E-state index in [2.05, 4.69) is 63.2 Å². The first-order valence-electron chi connectivity index (χ1n) is 9.94. The Morgan fingerprint density at radius 1 is 1.07 bits per heavy atom. The van der Waals surface area contributed by atoms with Crippen molar-refractivity contribution in [2.24, 2.45) is 0 Å². The van der Waals surface area contributed by atoms with Gasteiger partial charge in [-0.25, -0.2) is 4.98 Å². The van der Waals surface area contributed by atoms with E-state index in [1.54, 1.807) is 6.33 Å². The van der Waals surface area contributed by atoms with Gasteiger partial charge in [0.05, 0.1) is 18.1 Å². The first-order chi connectivity index (χ1) is 13.8. The zero-order valence-electron chi connectivity index (χ0n) is 16.2. The number of nitrogens with one attached hydrogen (secondary N) is 1. The van der Waals surface area contributed by atoms with Crippen molar-refractivity contribution in [3.63, 3.8) is 0 Å². The Balaban J connectivity index is 1.64. The highest BCUT2D eigenvalue weighted by Gasteiger charge is 2.31. The lowest BCUT2D eigenvalue weighted by Crippen LogP contribution is -2.46. The summed E-state index contributed by atoms with van der Waals surface area (Å²) in [5, 5.41) is 0. The summed E-state index contributed by atoms with van der Waals surface area (Å²) in [5.41, 5.74) is 7.50. The van der Waals surface area contributed by atoms with E-state index in [0.29, 0.717) is 0 Å². The predicted octanol–water partition coefficient (Wildman–Crippen LogP) is 3.24. The molecule has 0 bridgehead atoms. The van der Waals surface area contributed by atoms with Gasteiger partial charge in [-0.2, -0.15) is 0 Å². The van der Waals surface area contributed by atoms with E-state index < -0.39 is 0 Å². The van der Waals surface area contributed by atoms with E-state index in [1.807, 2.05) is 18.5 Å². The topological polar surface area (TPSA) is 48.0 Å². The average Bonchev–Trinajstić information content (AvgIpc) is 3.19. The Hall–Kier alpha value is -2.76. The summed E-state index contributed by atoms with van der Waals surface area (Å²) >= 11 is 0. The van der Waals surface area contributed by atoms with Crippen LogP contribution in [0.4, 0.5) is 0 Å². The Bertz CT molecular complexity index is 984. The van der Waals surface area contributed by atoms with Crippen LogP contribution in [0.15, 0.2) is 55.1 Å². The lowest BCUT2D eigenvalue weighted by Gasteiger charge is -2.38. The standard InChI is InChI=1S/C23H25N5/c1-27-9-11-28(12-10-27)23-21-7-3-2-6-20(21)18(14-19-15-24-16-26-19)13-17-5-4-8-25-22(17)23/h2-8,13,15-16,23H,9-12,14H2,1H3,(H,24,26). The van der Waals surface area contributed by atoms with Crippen molar-refractivity contribution >= 4 is 11.6 Å². The van der Waals surface area contributed by atoms with Crippen LogP contribution in [0.2, 0.25) is 0 Å². The molecular formula is C23H25N5. The summed E-state index contributed by atoms with van der Waals surface area (Å²) in [6, 6.07) is 13.3. The molecule has 1 N–H and O–H groups in total. The number of H-pyrrole nitrogens is 1. The van der Waals surface area contributed by atoms with Gasteiger partial charge >= 0.3 is 0 Å². The molecule has 1 aliphatic heterocycles. The number of rotatable bonds is 3. The number of fused-ring (bicyclic) bond motifs is 2. The molecule has 1 aromatic carbocycles. The Kier molecular flexibility index (Phi) is 4.55. The van der Waals surface area contributed by atoms with Crippen molar-refractivity contribution in [2.75, 3.05) is 33.2 Å². The number of benzene rings is 1. The minimum atomic E-state index is 0.191. The molecule has 0 amide bonds. The van der Waals surface area contributed by atoms with Gasteiger partial charge in [-0.3, -0.25) is 9.88 Å². The smallest absolute Gasteiger partial charge is 0.0921 e. The van der Waals surface area contributed by atoms with Crippen LogP contribution in [-0.2, 0) is 6.42 Å². The normalized spacial score (nSPS) is 20.2. The van der Waals surface area contributed by atoms with Gasteiger partial charge in [0.1, 0.15) is 0 Å². The second-order valence-corrected chi connectivity index (χ2v) is 7.73. The van der Waals surface area contributed by atoms with Crippen molar-refractivity contribution in [1.29, 1.82) is 0 Å². The Morgan fingerprint density at radius 2 is 1.93 bits per heavy atom. The number of nitrogens with zero attached hydrogens (tertiary/aromatic N) is 4. The van der Waals surface area contributed by atoms with Crippen molar-refractivity contribution in [1.82, 2.24) is 24.8 Å². The zero-order chi connectivity index (χ0) is 18.9. The minimum absolute atomic E-state index is 0.191. The average molecular weight is 371 g/mol. The molecule has 5 heteroatoms. The summed E-state index contributed by atoms with van der Waals surface area (Å²) in [7, 11) is 2.20. The Morgan fingerprint density at radius 3 is 2.75 bits per heavy atom. The van der Waals surface area contributed by atoms with Gasteiger partial charge in [0.25, 0.3) is 0 Å². The summed E-state index contributed by atoms with van der Waals surface area (Å²) in [6.45, 7) is 4.30. The van der Waals surface area contributed by atoms with E-state index in [4.69, 9.17) is 4.98 Å². The highest BCUT2D eigenvalue weighted by molar-refractivity contribution is 5.86. The van der Waals surface area contributed by atoms with E-state index in [1.165, 1.54) is 28.0 Å². The van der Waals surface area contributed by atoms with E-state index in [9.17, 15) is 0 Å². The van der Waals surface area contributed by atoms with E-state index in [-0.39, 0.29) is 6.04 Å². The third kappa shape index (κ3) is 3.17. The van der Waals surface area contributed by atoms with Crippen molar-refractivity contribution in [3.8, 4) is 0 Å². The number of aromatic amines is 1. The van der Waals surface area contributed by atoms with Gasteiger partial charge in [-0.05, 0) is 41.5 Å². The molecule has 3 aromatic rings. The number of imidazole rings is 1. The fraction of sp³-hybridized carbons (Fsp3) is 0.304. The number of piperazine rings is 1. The molecule has 0 spiro atoms. The maximum atomic E-state index is 4.87. The number of allylic oxidation sites excluding steroid dienone is 1. The number of pyridine rings is 1. The van der Waals surface area contributed by atoms with Crippen LogP contribution in [0, 0.1) is 0 Å². The summed E-state index contributed by atoms with van der Waals surface area (Å²) in [5.74, 6) is 0. The first-order valence-corrected chi connectivity index (χ1v) is 9.94. The number of hydrogen-bond donors (Lipinski definition) is 1. The van der Waals surface area contributed by atoms with Gasteiger partial charge in [-0.15, -0.1) is 0 Å². The monoisotopic (exact) mass is 371 g/mol. The molecule has 1 saturated heterocycles. The fourth-order valence-corrected chi connectivity index (χ4v) is 4.40.